The smallest absolute Gasteiger partial charge is 0.191 e. The van der Waals surface area contributed by atoms with Crippen LogP contribution in [0.15, 0.2) is 29.3 Å². The van der Waals surface area contributed by atoms with E-state index in [-0.39, 0.29) is 5.54 Å². The van der Waals surface area contributed by atoms with Gasteiger partial charge in [-0.25, -0.2) is 0 Å². The van der Waals surface area contributed by atoms with E-state index < -0.39 is 0 Å². The highest BCUT2D eigenvalue weighted by molar-refractivity contribution is 6.30. The molecule has 2 N–H and O–H groups in total. The number of halogens is 1. The monoisotopic (exact) mass is 324 g/mol. The highest BCUT2D eigenvalue weighted by atomic mass is 35.5. The third-order valence-corrected chi connectivity index (χ3v) is 4.01. The molecule has 0 aliphatic rings. The molecule has 0 saturated heterocycles. The first-order valence-electron chi connectivity index (χ1n) is 7.79. The number of nitrogens with zero attached hydrogens (tertiary/aromatic N) is 2. The van der Waals surface area contributed by atoms with E-state index in [9.17, 15) is 0 Å². The van der Waals surface area contributed by atoms with Crippen LogP contribution in [-0.2, 0) is 6.42 Å². The van der Waals surface area contributed by atoms with Crippen molar-refractivity contribution in [3.05, 3.63) is 34.9 Å². The molecule has 1 aromatic carbocycles. The number of hydrogen-bond donors (Lipinski definition) is 2. The molecule has 0 unspecified atom stereocenters. The summed E-state index contributed by atoms with van der Waals surface area (Å²) in [5.74, 6) is 0.861. The highest BCUT2D eigenvalue weighted by Gasteiger charge is 2.19. The van der Waals surface area contributed by atoms with Crippen molar-refractivity contribution in [2.75, 3.05) is 33.7 Å². The fraction of sp³-hybridized carbons (Fsp3) is 0.588. The van der Waals surface area contributed by atoms with E-state index in [0.29, 0.717) is 0 Å². The Kier molecular flexibility index (Phi) is 7.69. The van der Waals surface area contributed by atoms with E-state index in [4.69, 9.17) is 11.6 Å². The maximum Gasteiger partial charge on any atom is 0.191 e. The van der Waals surface area contributed by atoms with Gasteiger partial charge in [0.05, 0.1) is 6.54 Å². The summed E-state index contributed by atoms with van der Waals surface area (Å²) in [5.41, 5.74) is 1.26. The van der Waals surface area contributed by atoms with Crippen LogP contribution in [0.1, 0.15) is 26.3 Å². The number of guanidine groups is 1. The topological polar surface area (TPSA) is 39.7 Å². The third kappa shape index (κ3) is 6.67. The molecule has 0 radical (unpaired) electrons. The molecule has 22 heavy (non-hydrogen) atoms. The van der Waals surface area contributed by atoms with Crippen LogP contribution in [0.3, 0.4) is 0 Å². The van der Waals surface area contributed by atoms with Crippen LogP contribution in [-0.4, -0.2) is 50.1 Å². The van der Waals surface area contributed by atoms with Gasteiger partial charge in [-0.3, -0.25) is 4.99 Å². The second-order valence-electron chi connectivity index (χ2n) is 6.21. The van der Waals surface area contributed by atoms with Crippen molar-refractivity contribution in [1.82, 2.24) is 15.5 Å². The fourth-order valence-corrected chi connectivity index (χ4v) is 1.99. The molecular weight excluding hydrogens is 296 g/mol. The van der Waals surface area contributed by atoms with Gasteiger partial charge in [0.15, 0.2) is 5.96 Å². The number of nitrogens with one attached hydrogen (secondary N) is 2. The second-order valence-corrected chi connectivity index (χ2v) is 6.65. The van der Waals surface area contributed by atoms with E-state index in [1.807, 2.05) is 18.2 Å². The van der Waals surface area contributed by atoms with E-state index in [0.717, 1.165) is 37.0 Å². The molecule has 0 atom stereocenters. The zero-order valence-corrected chi connectivity index (χ0v) is 15.2. The van der Waals surface area contributed by atoms with Crippen LogP contribution in [0.5, 0.6) is 0 Å². The van der Waals surface area contributed by atoms with E-state index in [1.54, 1.807) is 0 Å². The minimum Gasteiger partial charge on any atom is -0.357 e. The SMILES string of the molecule is CCNC(=NCC(C)(C)N(C)C)NCCc1cccc(Cl)c1. The average molecular weight is 325 g/mol. The lowest BCUT2D eigenvalue weighted by atomic mass is 10.1. The summed E-state index contributed by atoms with van der Waals surface area (Å²) in [6.07, 6.45) is 0.919. The lowest BCUT2D eigenvalue weighted by Crippen LogP contribution is -2.44. The van der Waals surface area contributed by atoms with Gasteiger partial charge in [-0.15, -0.1) is 0 Å². The van der Waals surface area contributed by atoms with Crippen LogP contribution in [0.4, 0.5) is 0 Å². The number of hydrogen-bond acceptors (Lipinski definition) is 2. The van der Waals surface area contributed by atoms with Crippen LogP contribution in [0.25, 0.3) is 0 Å². The van der Waals surface area contributed by atoms with Gasteiger partial charge in [-0.1, -0.05) is 23.7 Å². The van der Waals surface area contributed by atoms with Crippen LogP contribution >= 0.6 is 11.6 Å². The summed E-state index contributed by atoms with van der Waals surface area (Å²) in [6, 6.07) is 7.97. The molecule has 0 saturated carbocycles. The van der Waals surface area contributed by atoms with E-state index in [2.05, 4.69) is 61.5 Å². The predicted molar refractivity (Wildman–Crippen MR) is 96.9 cm³/mol. The molecule has 0 heterocycles. The lowest BCUT2D eigenvalue weighted by Gasteiger charge is -2.31. The molecule has 0 amide bonds. The van der Waals surface area contributed by atoms with Gasteiger partial charge in [0.25, 0.3) is 0 Å². The van der Waals surface area contributed by atoms with Gasteiger partial charge >= 0.3 is 0 Å². The molecule has 0 fully saturated rings. The van der Waals surface area contributed by atoms with Crippen molar-refractivity contribution in [1.29, 1.82) is 0 Å². The van der Waals surface area contributed by atoms with Crippen LogP contribution < -0.4 is 10.6 Å². The van der Waals surface area contributed by atoms with Crippen molar-refractivity contribution in [2.45, 2.75) is 32.7 Å². The Morgan fingerprint density at radius 3 is 2.59 bits per heavy atom. The number of rotatable bonds is 7. The summed E-state index contributed by atoms with van der Waals surface area (Å²) >= 11 is 6.00. The maximum atomic E-state index is 6.00. The summed E-state index contributed by atoms with van der Waals surface area (Å²) in [5, 5.41) is 7.45. The second kappa shape index (κ2) is 9.01. The normalized spacial score (nSPS) is 12.6. The van der Waals surface area contributed by atoms with Gasteiger partial charge in [-0.05, 0) is 59.0 Å². The highest BCUT2D eigenvalue weighted by Crippen LogP contribution is 2.11. The number of benzene rings is 1. The lowest BCUT2D eigenvalue weighted by molar-refractivity contribution is 0.204. The van der Waals surface area contributed by atoms with E-state index >= 15 is 0 Å². The van der Waals surface area contributed by atoms with Gasteiger partial charge in [-0.2, -0.15) is 0 Å². The Balaban J connectivity index is 2.53. The summed E-state index contributed by atoms with van der Waals surface area (Å²) in [7, 11) is 4.16. The average Bonchev–Trinajstić information content (AvgIpc) is 2.44. The van der Waals surface area contributed by atoms with Crippen LogP contribution in [0.2, 0.25) is 5.02 Å². The molecule has 0 spiro atoms. The first kappa shape index (κ1) is 18.8. The molecule has 5 heteroatoms. The van der Waals surface area contributed by atoms with Crippen molar-refractivity contribution < 1.29 is 0 Å². The standard InChI is InChI=1S/C17H29ClN4/c1-6-19-16(21-13-17(2,3)22(4)5)20-11-10-14-8-7-9-15(18)12-14/h7-9,12H,6,10-11,13H2,1-5H3,(H2,19,20,21). The summed E-state index contributed by atoms with van der Waals surface area (Å²) < 4.78 is 0. The Hall–Kier alpha value is -1.26. The van der Waals surface area contributed by atoms with Gasteiger partial charge in [0, 0.05) is 23.7 Å². The summed E-state index contributed by atoms with van der Waals surface area (Å²) in [4.78, 5) is 6.87. The quantitative estimate of drug-likeness (QED) is 0.598. The zero-order valence-electron chi connectivity index (χ0n) is 14.4. The fourth-order valence-electron chi connectivity index (χ4n) is 1.77. The first-order chi connectivity index (χ1) is 10.3. The first-order valence-corrected chi connectivity index (χ1v) is 8.17. The third-order valence-electron chi connectivity index (χ3n) is 3.77. The van der Waals surface area contributed by atoms with Crippen LogP contribution in [0, 0.1) is 0 Å². The maximum absolute atomic E-state index is 6.00. The molecule has 0 aromatic heterocycles. The van der Waals surface area contributed by atoms with Crippen molar-refractivity contribution >= 4 is 17.6 Å². The van der Waals surface area contributed by atoms with Crippen molar-refractivity contribution in [3.63, 3.8) is 0 Å². The Bertz CT molecular complexity index is 483. The summed E-state index contributed by atoms with van der Waals surface area (Å²) in [6.45, 7) is 8.87. The molecule has 124 valence electrons. The number of aliphatic imine (C=N–C) groups is 1. The zero-order chi connectivity index (χ0) is 16.6. The van der Waals surface area contributed by atoms with Gasteiger partial charge < -0.3 is 15.5 Å². The van der Waals surface area contributed by atoms with Crippen molar-refractivity contribution in [3.8, 4) is 0 Å². The number of likely N-dealkylation sites (N-methyl/N-ethyl adjacent to an activating group) is 1. The van der Waals surface area contributed by atoms with Crippen molar-refractivity contribution in [2.24, 2.45) is 4.99 Å². The molecule has 1 rings (SSSR count). The molecule has 4 nitrogen and oxygen atoms in total. The van der Waals surface area contributed by atoms with Gasteiger partial charge in [0.2, 0.25) is 0 Å². The molecule has 0 bridgehead atoms. The minimum atomic E-state index is 0.0370. The largest absolute Gasteiger partial charge is 0.357 e. The van der Waals surface area contributed by atoms with E-state index in [1.165, 1.54) is 5.56 Å². The molecule has 1 aromatic rings. The Morgan fingerprint density at radius 1 is 1.27 bits per heavy atom. The predicted octanol–water partition coefficient (Wildman–Crippen LogP) is 2.78. The molecule has 0 aliphatic carbocycles. The molecular formula is C17H29ClN4. The Morgan fingerprint density at radius 2 is 2.00 bits per heavy atom. The van der Waals surface area contributed by atoms with Gasteiger partial charge in [0.1, 0.15) is 0 Å². The minimum absolute atomic E-state index is 0.0370. The Labute approximate surface area is 140 Å². The molecule has 0 aliphatic heterocycles.